The van der Waals surface area contributed by atoms with Crippen LogP contribution in [0.2, 0.25) is 0 Å². The van der Waals surface area contributed by atoms with Crippen LogP contribution in [0.3, 0.4) is 0 Å². The van der Waals surface area contributed by atoms with Crippen molar-refractivity contribution < 1.29 is 23.0 Å². The van der Waals surface area contributed by atoms with Crippen LogP contribution in [0.4, 0.5) is 20.4 Å². The fourth-order valence-electron chi connectivity index (χ4n) is 4.43. The van der Waals surface area contributed by atoms with Crippen molar-refractivity contribution in [3.05, 3.63) is 24.2 Å². The Balaban J connectivity index is 1.52. The molecular weight excluding hydrogens is 448 g/mol. The molecule has 1 aliphatic carbocycles. The number of nitrogens with one attached hydrogen (secondary N) is 1. The van der Waals surface area contributed by atoms with Crippen LogP contribution in [0, 0.1) is 0 Å². The third-order valence-corrected chi connectivity index (χ3v) is 6.16. The van der Waals surface area contributed by atoms with Crippen LogP contribution < -0.4 is 15.0 Å². The number of ether oxygens (including phenoxy) is 2. The van der Waals surface area contributed by atoms with E-state index in [0.29, 0.717) is 30.4 Å². The molecule has 3 aromatic heterocycles. The second-order valence-electron chi connectivity index (χ2n) is 9.08. The molecule has 0 aromatic carbocycles. The van der Waals surface area contributed by atoms with E-state index in [1.54, 1.807) is 12.3 Å². The first kappa shape index (κ1) is 21.1. The number of pyridine rings is 1. The lowest BCUT2D eigenvalue weighted by atomic mass is 9.91. The van der Waals surface area contributed by atoms with E-state index >= 15 is 0 Å². The fourth-order valence-corrected chi connectivity index (χ4v) is 4.43. The van der Waals surface area contributed by atoms with E-state index in [9.17, 15) is 13.6 Å². The Hall–Kier alpha value is -3.41. The van der Waals surface area contributed by atoms with Crippen molar-refractivity contribution in [1.29, 1.82) is 0 Å². The van der Waals surface area contributed by atoms with Gasteiger partial charge in [-0.05, 0) is 19.3 Å². The minimum Gasteiger partial charge on any atom is -0.474 e. The number of alkyl halides is 2. The van der Waals surface area contributed by atoms with Crippen LogP contribution in [0.15, 0.2) is 18.3 Å². The van der Waals surface area contributed by atoms with Crippen molar-refractivity contribution in [1.82, 2.24) is 24.7 Å². The summed E-state index contributed by atoms with van der Waals surface area (Å²) in [5, 5.41) is 8.17. The van der Waals surface area contributed by atoms with Gasteiger partial charge in [0.15, 0.2) is 11.6 Å². The summed E-state index contributed by atoms with van der Waals surface area (Å²) in [5.41, 5.74) is 0.570. The monoisotopic (exact) mass is 471 g/mol. The van der Waals surface area contributed by atoms with Gasteiger partial charge in [-0.2, -0.15) is 13.8 Å². The van der Waals surface area contributed by atoms with E-state index in [1.165, 1.54) is 17.7 Å². The van der Waals surface area contributed by atoms with Crippen molar-refractivity contribution in [2.75, 3.05) is 23.4 Å². The Bertz CT molecular complexity index is 1270. The summed E-state index contributed by atoms with van der Waals surface area (Å²) in [6.45, 7) is 3.33. The van der Waals surface area contributed by atoms with Gasteiger partial charge in [-0.25, -0.2) is 14.6 Å². The molecule has 34 heavy (non-hydrogen) atoms. The zero-order valence-electron chi connectivity index (χ0n) is 18.7. The molecule has 2 aliphatic heterocycles. The molecule has 1 N–H and O–H groups in total. The quantitative estimate of drug-likeness (QED) is 0.585. The van der Waals surface area contributed by atoms with Gasteiger partial charge in [-0.3, -0.25) is 4.79 Å². The molecule has 3 aromatic rings. The molecule has 3 fully saturated rings. The standard InChI is InChI=1S/C22H23F2N7O3/c1-11(32)26-17-6-16-15(8-25-17)20(30-12-5-13(30)10-33-9-12)29-31(16)18-7-19(34-14-3-4-14)28-21(27-18)22(2,23)24/h6-8,12-14H,3-5,9-10H2,1-2H3,(H,25,26,32). The number of hydrogen-bond donors (Lipinski definition) is 1. The van der Waals surface area contributed by atoms with Crippen molar-refractivity contribution >= 4 is 28.4 Å². The van der Waals surface area contributed by atoms with Crippen molar-refractivity contribution in [2.45, 2.75) is 57.2 Å². The number of carbonyl (C=O) groups excluding carboxylic acids is 1. The predicted octanol–water partition coefficient (Wildman–Crippen LogP) is 2.80. The number of hydrogen-bond acceptors (Lipinski definition) is 8. The topological polar surface area (TPSA) is 107 Å². The summed E-state index contributed by atoms with van der Waals surface area (Å²) in [6.07, 6.45) is 4.33. The highest BCUT2D eigenvalue weighted by Gasteiger charge is 2.44. The lowest BCUT2D eigenvalue weighted by molar-refractivity contribution is -0.114. The Morgan fingerprint density at radius 2 is 2.00 bits per heavy atom. The molecule has 12 heteroatoms. The first-order chi connectivity index (χ1) is 16.3. The summed E-state index contributed by atoms with van der Waals surface area (Å²) >= 11 is 0. The lowest BCUT2D eigenvalue weighted by Gasteiger charge is -2.52. The Morgan fingerprint density at radius 1 is 1.24 bits per heavy atom. The normalized spacial score (nSPS) is 21.9. The molecule has 5 heterocycles. The molecule has 1 saturated carbocycles. The highest BCUT2D eigenvalue weighted by atomic mass is 19.3. The van der Waals surface area contributed by atoms with Gasteiger partial charge >= 0.3 is 5.92 Å². The molecule has 2 atom stereocenters. The van der Waals surface area contributed by atoms with E-state index < -0.39 is 11.7 Å². The fraction of sp³-hybridized carbons (Fsp3) is 0.500. The Labute approximate surface area is 193 Å². The molecule has 2 saturated heterocycles. The first-order valence-electron chi connectivity index (χ1n) is 11.2. The third kappa shape index (κ3) is 3.71. The van der Waals surface area contributed by atoms with E-state index in [0.717, 1.165) is 31.6 Å². The number of rotatable bonds is 6. The summed E-state index contributed by atoms with van der Waals surface area (Å²) in [6, 6.07) is 3.56. The molecule has 2 unspecified atom stereocenters. The van der Waals surface area contributed by atoms with E-state index in [-0.39, 0.29) is 35.8 Å². The molecule has 6 rings (SSSR count). The smallest absolute Gasteiger partial charge is 0.304 e. The summed E-state index contributed by atoms with van der Waals surface area (Å²) in [7, 11) is 0. The SMILES string of the molecule is CC(=O)Nc1cc2c(cn1)c(N1C3COCC1C3)nn2-c1cc(OC2CC2)nc(C(C)(F)F)n1. The molecule has 1 amide bonds. The number of morpholine rings is 1. The summed E-state index contributed by atoms with van der Waals surface area (Å²) < 4.78 is 41.4. The van der Waals surface area contributed by atoms with Crippen LogP contribution in [0.1, 0.15) is 38.9 Å². The Kier molecular flexibility index (Phi) is 4.70. The van der Waals surface area contributed by atoms with Gasteiger partial charge in [0.05, 0.1) is 36.2 Å². The van der Waals surface area contributed by atoms with Gasteiger partial charge in [0.25, 0.3) is 0 Å². The third-order valence-electron chi connectivity index (χ3n) is 6.16. The zero-order chi connectivity index (χ0) is 23.6. The van der Waals surface area contributed by atoms with Gasteiger partial charge in [0.1, 0.15) is 11.9 Å². The molecule has 3 aliphatic rings. The first-order valence-corrected chi connectivity index (χ1v) is 11.2. The molecule has 178 valence electrons. The summed E-state index contributed by atoms with van der Waals surface area (Å²) in [5.74, 6) is -2.95. The van der Waals surface area contributed by atoms with Gasteiger partial charge < -0.3 is 19.7 Å². The number of aromatic nitrogens is 5. The predicted molar refractivity (Wildman–Crippen MR) is 117 cm³/mol. The van der Waals surface area contributed by atoms with Gasteiger partial charge in [0.2, 0.25) is 17.6 Å². The highest BCUT2D eigenvalue weighted by molar-refractivity contribution is 5.95. The van der Waals surface area contributed by atoms with Gasteiger partial charge in [-0.1, -0.05) is 0 Å². The Morgan fingerprint density at radius 3 is 2.65 bits per heavy atom. The van der Waals surface area contributed by atoms with E-state index in [2.05, 4.69) is 25.2 Å². The van der Waals surface area contributed by atoms with Crippen molar-refractivity contribution in [3.8, 4) is 11.7 Å². The number of anilines is 2. The maximum Gasteiger partial charge on any atom is 0.304 e. The average Bonchev–Trinajstić information content (AvgIpc) is 3.52. The zero-order valence-corrected chi connectivity index (χ0v) is 18.7. The van der Waals surface area contributed by atoms with Crippen LogP contribution in [-0.4, -0.2) is 62.0 Å². The largest absolute Gasteiger partial charge is 0.474 e. The maximum atomic E-state index is 14.3. The summed E-state index contributed by atoms with van der Waals surface area (Å²) in [4.78, 5) is 26.2. The number of fused-ring (bicyclic) bond motifs is 3. The van der Waals surface area contributed by atoms with Crippen LogP contribution in [-0.2, 0) is 15.5 Å². The van der Waals surface area contributed by atoms with Gasteiger partial charge in [-0.15, -0.1) is 5.10 Å². The molecule has 0 spiro atoms. The second kappa shape index (κ2) is 7.55. The van der Waals surface area contributed by atoms with Gasteiger partial charge in [0, 0.05) is 32.2 Å². The average molecular weight is 471 g/mol. The second-order valence-corrected chi connectivity index (χ2v) is 9.08. The molecule has 10 nitrogen and oxygen atoms in total. The van der Waals surface area contributed by atoms with Crippen LogP contribution >= 0.6 is 0 Å². The minimum atomic E-state index is -3.27. The molecular formula is C22H23F2N7O3. The molecule has 2 bridgehead atoms. The molecule has 0 radical (unpaired) electrons. The van der Waals surface area contributed by atoms with Crippen molar-refractivity contribution in [3.63, 3.8) is 0 Å². The van der Waals surface area contributed by atoms with Crippen LogP contribution in [0.5, 0.6) is 5.88 Å². The maximum absolute atomic E-state index is 14.3. The highest BCUT2D eigenvalue weighted by Crippen LogP contribution is 2.40. The van der Waals surface area contributed by atoms with E-state index in [4.69, 9.17) is 14.6 Å². The number of amides is 1. The van der Waals surface area contributed by atoms with Crippen LogP contribution in [0.25, 0.3) is 16.7 Å². The van der Waals surface area contributed by atoms with E-state index in [1.807, 2.05) is 0 Å². The lowest BCUT2D eigenvalue weighted by Crippen LogP contribution is -2.64. The number of carbonyl (C=O) groups is 1. The minimum absolute atomic E-state index is 0.0259. The van der Waals surface area contributed by atoms with Crippen molar-refractivity contribution in [2.24, 2.45) is 0 Å². The number of halogens is 2. The number of nitrogens with zero attached hydrogens (tertiary/aromatic N) is 6.